The highest BCUT2D eigenvalue weighted by atomic mass is 15.4. The zero-order valence-electron chi connectivity index (χ0n) is 14.4. The van der Waals surface area contributed by atoms with Crippen LogP contribution in [-0.2, 0) is 13.1 Å². The zero-order chi connectivity index (χ0) is 16.8. The van der Waals surface area contributed by atoms with Gasteiger partial charge in [-0.3, -0.25) is 4.99 Å². The average Bonchev–Trinajstić information content (AvgIpc) is 3.11. The number of nitrogens with zero attached hydrogens (tertiary/aromatic N) is 6. The third-order valence-corrected chi connectivity index (χ3v) is 4.35. The second kappa shape index (κ2) is 7.81. The van der Waals surface area contributed by atoms with E-state index in [2.05, 4.69) is 67.6 Å². The number of benzene rings is 1. The quantitative estimate of drug-likeness (QED) is 0.675. The Morgan fingerprint density at radius 2 is 1.92 bits per heavy atom. The molecule has 3 rings (SSSR count). The molecule has 0 bridgehead atoms. The van der Waals surface area contributed by atoms with E-state index in [0.717, 1.165) is 44.5 Å². The van der Waals surface area contributed by atoms with Gasteiger partial charge < -0.3 is 19.7 Å². The van der Waals surface area contributed by atoms with Gasteiger partial charge in [-0.15, -0.1) is 10.2 Å². The van der Waals surface area contributed by atoms with Gasteiger partial charge in [0.2, 0.25) is 0 Å². The molecule has 7 nitrogen and oxygen atoms in total. The van der Waals surface area contributed by atoms with Crippen LogP contribution < -0.4 is 10.2 Å². The van der Waals surface area contributed by atoms with Gasteiger partial charge in [-0.1, -0.05) is 18.2 Å². The van der Waals surface area contributed by atoms with Crippen LogP contribution in [0.4, 0.5) is 5.69 Å². The summed E-state index contributed by atoms with van der Waals surface area (Å²) in [6, 6.07) is 10.6. The number of piperazine rings is 1. The molecule has 128 valence electrons. The van der Waals surface area contributed by atoms with Crippen molar-refractivity contribution in [3.8, 4) is 0 Å². The zero-order valence-corrected chi connectivity index (χ0v) is 14.4. The molecule has 1 N–H and O–H groups in total. The SMILES string of the molecule is CCn1cnnc1CNC(=NC)N1CCN(c2ccccc2)CC1. The molecule has 0 radical (unpaired) electrons. The minimum absolute atomic E-state index is 0.638. The van der Waals surface area contributed by atoms with Crippen LogP contribution in [-0.4, -0.2) is 58.9 Å². The van der Waals surface area contributed by atoms with Crippen molar-refractivity contribution in [2.24, 2.45) is 4.99 Å². The summed E-state index contributed by atoms with van der Waals surface area (Å²) in [5.41, 5.74) is 1.29. The predicted octanol–water partition coefficient (Wildman–Crippen LogP) is 1.20. The highest BCUT2D eigenvalue weighted by Crippen LogP contribution is 2.15. The van der Waals surface area contributed by atoms with E-state index in [9.17, 15) is 0 Å². The minimum Gasteiger partial charge on any atom is -0.368 e. The Labute approximate surface area is 143 Å². The Balaban J connectivity index is 1.54. The van der Waals surface area contributed by atoms with Crippen LogP contribution in [0.5, 0.6) is 0 Å². The van der Waals surface area contributed by atoms with E-state index in [4.69, 9.17) is 0 Å². The van der Waals surface area contributed by atoms with Gasteiger partial charge in [-0.05, 0) is 19.1 Å². The third-order valence-electron chi connectivity index (χ3n) is 4.35. The number of aromatic nitrogens is 3. The molecule has 1 aliphatic rings. The van der Waals surface area contributed by atoms with Crippen LogP contribution >= 0.6 is 0 Å². The normalized spacial score (nSPS) is 15.7. The molecule has 0 unspecified atom stereocenters. The van der Waals surface area contributed by atoms with Crippen LogP contribution in [0.25, 0.3) is 0 Å². The fourth-order valence-corrected chi connectivity index (χ4v) is 2.99. The van der Waals surface area contributed by atoms with Crippen molar-refractivity contribution < 1.29 is 0 Å². The standard InChI is InChI=1S/C17H25N7/c1-3-22-14-20-21-16(22)13-19-17(18-2)24-11-9-23(10-12-24)15-7-5-4-6-8-15/h4-8,14H,3,9-13H2,1-2H3,(H,18,19). The van der Waals surface area contributed by atoms with E-state index < -0.39 is 0 Å². The van der Waals surface area contributed by atoms with E-state index in [-0.39, 0.29) is 0 Å². The molecule has 1 aromatic carbocycles. The lowest BCUT2D eigenvalue weighted by Gasteiger charge is -2.37. The second-order valence-corrected chi connectivity index (χ2v) is 5.74. The lowest BCUT2D eigenvalue weighted by molar-refractivity contribution is 0.371. The summed E-state index contributed by atoms with van der Waals surface area (Å²) >= 11 is 0. The van der Waals surface area contributed by atoms with Crippen LogP contribution in [0.15, 0.2) is 41.7 Å². The van der Waals surface area contributed by atoms with Gasteiger partial charge in [0.15, 0.2) is 11.8 Å². The van der Waals surface area contributed by atoms with E-state index in [1.165, 1.54) is 5.69 Å². The summed E-state index contributed by atoms with van der Waals surface area (Å²) in [7, 11) is 1.83. The molecule has 0 atom stereocenters. The number of nitrogens with one attached hydrogen (secondary N) is 1. The first-order valence-electron chi connectivity index (χ1n) is 8.44. The summed E-state index contributed by atoms with van der Waals surface area (Å²) in [5, 5.41) is 11.5. The first kappa shape index (κ1) is 16.3. The van der Waals surface area contributed by atoms with Gasteiger partial charge in [0.25, 0.3) is 0 Å². The molecule has 0 aliphatic carbocycles. The maximum Gasteiger partial charge on any atom is 0.194 e. The van der Waals surface area contributed by atoms with Crippen molar-refractivity contribution in [3.63, 3.8) is 0 Å². The lowest BCUT2D eigenvalue weighted by atomic mass is 10.2. The van der Waals surface area contributed by atoms with Crippen LogP contribution in [0, 0.1) is 0 Å². The van der Waals surface area contributed by atoms with E-state index in [1.54, 1.807) is 6.33 Å². The molecule has 0 spiro atoms. The summed E-state index contributed by atoms with van der Waals surface area (Å²) in [6.07, 6.45) is 1.76. The number of hydrogen-bond acceptors (Lipinski definition) is 4. The highest BCUT2D eigenvalue weighted by Gasteiger charge is 2.20. The predicted molar refractivity (Wildman–Crippen MR) is 96.1 cm³/mol. The Bertz CT molecular complexity index is 657. The number of anilines is 1. The first-order chi connectivity index (χ1) is 11.8. The topological polar surface area (TPSA) is 61.6 Å². The largest absolute Gasteiger partial charge is 0.368 e. The monoisotopic (exact) mass is 327 g/mol. The maximum absolute atomic E-state index is 4.42. The van der Waals surface area contributed by atoms with Gasteiger partial charge in [-0.25, -0.2) is 0 Å². The van der Waals surface area contributed by atoms with Crippen LogP contribution in [0.3, 0.4) is 0 Å². The van der Waals surface area contributed by atoms with Crippen LogP contribution in [0.1, 0.15) is 12.7 Å². The van der Waals surface area contributed by atoms with Crippen LogP contribution in [0.2, 0.25) is 0 Å². The van der Waals surface area contributed by atoms with Gasteiger partial charge in [0, 0.05) is 45.5 Å². The van der Waals surface area contributed by atoms with E-state index in [0.29, 0.717) is 6.54 Å². The summed E-state index contributed by atoms with van der Waals surface area (Å²) in [6.45, 7) is 7.50. The average molecular weight is 327 g/mol. The fraction of sp³-hybridized carbons (Fsp3) is 0.471. The van der Waals surface area contributed by atoms with Crippen molar-refractivity contribution in [2.75, 3.05) is 38.1 Å². The van der Waals surface area contributed by atoms with Crippen molar-refractivity contribution in [2.45, 2.75) is 20.0 Å². The molecular weight excluding hydrogens is 302 g/mol. The molecule has 1 aromatic heterocycles. The maximum atomic E-state index is 4.42. The fourth-order valence-electron chi connectivity index (χ4n) is 2.99. The highest BCUT2D eigenvalue weighted by molar-refractivity contribution is 5.80. The number of guanidine groups is 1. The Hall–Kier alpha value is -2.57. The van der Waals surface area contributed by atoms with E-state index >= 15 is 0 Å². The molecule has 7 heteroatoms. The van der Waals surface area contributed by atoms with Crippen molar-refractivity contribution in [3.05, 3.63) is 42.5 Å². The molecule has 2 heterocycles. The molecule has 2 aromatic rings. The molecule has 1 fully saturated rings. The Morgan fingerprint density at radius 1 is 1.17 bits per heavy atom. The minimum atomic E-state index is 0.638. The molecule has 1 saturated heterocycles. The van der Waals surface area contributed by atoms with Gasteiger partial charge >= 0.3 is 0 Å². The Kier molecular flexibility index (Phi) is 5.30. The van der Waals surface area contributed by atoms with Crippen molar-refractivity contribution in [1.82, 2.24) is 25.0 Å². The first-order valence-corrected chi connectivity index (χ1v) is 8.44. The lowest BCUT2D eigenvalue weighted by Crippen LogP contribution is -2.52. The Morgan fingerprint density at radius 3 is 2.58 bits per heavy atom. The molecule has 24 heavy (non-hydrogen) atoms. The number of aliphatic imine (C=N–C) groups is 1. The molecular formula is C17H25N7. The van der Waals surface area contributed by atoms with Gasteiger partial charge in [0.1, 0.15) is 6.33 Å². The van der Waals surface area contributed by atoms with E-state index in [1.807, 2.05) is 11.6 Å². The smallest absolute Gasteiger partial charge is 0.194 e. The molecule has 1 aliphatic heterocycles. The summed E-state index contributed by atoms with van der Waals surface area (Å²) in [4.78, 5) is 9.13. The summed E-state index contributed by atoms with van der Waals surface area (Å²) in [5.74, 6) is 1.86. The summed E-state index contributed by atoms with van der Waals surface area (Å²) < 4.78 is 2.04. The number of aryl methyl sites for hydroxylation is 1. The van der Waals surface area contributed by atoms with Gasteiger partial charge in [0.05, 0.1) is 6.54 Å². The second-order valence-electron chi connectivity index (χ2n) is 5.74. The van der Waals surface area contributed by atoms with Gasteiger partial charge in [-0.2, -0.15) is 0 Å². The molecule has 0 amide bonds. The van der Waals surface area contributed by atoms with Crippen molar-refractivity contribution in [1.29, 1.82) is 0 Å². The number of para-hydroxylation sites is 1. The molecule has 0 saturated carbocycles. The third kappa shape index (κ3) is 3.67. The van der Waals surface area contributed by atoms with Crippen molar-refractivity contribution >= 4 is 11.6 Å². The number of rotatable bonds is 4. The number of hydrogen-bond donors (Lipinski definition) is 1.